The summed E-state index contributed by atoms with van der Waals surface area (Å²) in [5.41, 5.74) is 0.267. The van der Waals surface area contributed by atoms with E-state index in [4.69, 9.17) is 4.52 Å². The minimum Gasteiger partial charge on any atom is -0.388 e. The summed E-state index contributed by atoms with van der Waals surface area (Å²) in [5.74, 6) is -0.0344. The first-order valence-corrected chi connectivity index (χ1v) is 7.34. The summed E-state index contributed by atoms with van der Waals surface area (Å²) < 4.78 is 5.21. The van der Waals surface area contributed by atoms with E-state index in [0.717, 1.165) is 5.56 Å². The van der Waals surface area contributed by atoms with Gasteiger partial charge in [0.1, 0.15) is 5.69 Å². The van der Waals surface area contributed by atoms with E-state index < -0.39 is 5.60 Å². The van der Waals surface area contributed by atoms with Gasteiger partial charge in [0, 0.05) is 23.6 Å². The standard InChI is InChI=1S/C17H20N2O3/c1-16(2)10-19(11-17(16,3)21)15(20)14-9-13(18-22-14)12-7-5-4-6-8-12/h4-9,21H,10-11H2,1-3H3/t17-/m0/s1. The van der Waals surface area contributed by atoms with Crippen LogP contribution in [-0.2, 0) is 0 Å². The number of aliphatic hydroxyl groups is 1. The van der Waals surface area contributed by atoms with Gasteiger partial charge in [0.15, 0.2) is 0 Å². The number of amides is 1. The third-order valence-electron chi connectivity index (χ3n) is 4.62. The lowest BCUT2D eigenvalue weighted by Gasteiger charge is -2.30. The molecule has 2 heterocycles. The number of β-amino-alcohol motifs (C(OH)–C–C–N with tert-alkyl or cyclic N) is 1. The number of benzene rings is 1. The molecule has 1 saturated heterocycles. The molecule has 0 unspecified atom stereocenters. The summed E-state index contributed by atoms with van der Waals surface area (Å²) in [6.07, 6.45) is 0. The zero-order valence-corrected chi connectivity index (χ0v) is 13.0. The van der Waals surface area contributed by atoms with Crippen LogP contribution in [0.3, 0.4) is 0 Å². The molecule has 1 atom stereocenters. The molecule has 1 N–H and O–H groups in total. The summed E-state index contributed by atoms with van der Waals surface area (Å²) in [6, 6.07) is 11.2. The van der Waals surface area contributed by atoms with Gasteiger partial charge in [-0.1, -0.05) is 49.3 Å². The van der Waals surface area contributed by atoms with Crippen molar-refractivity contribution in [1.82, 2.24) is 10.1 Å². The molecule has 0 saturated carbocycles. The van der Waals surface area contributed by atoms with Crippen molar-refractivity contribution in [3.8, 4) is 11.3 Å². The molecule has 3 rings (SSSR count). The number of aromatic nitrogens is 1. The zero-order valence-electron chi connectivity index (χ0n) is 13.0. The Morgan fingerprint density at radius 2 is 1.91 bits per heavy atom. The monoisotopic (exact) mass is 300 g/mol. The molecule has 1 aliphatic heterocycles. The second-order valence-corrected chi connectivity index (χ2v) is 6.76. The predicted molar refractivity (Wildman–Crippen MR) is 82.2 cm³/mol. The molecule has 0 bridgehead atoms. The van der Waals surface area contributed by atoms with Crippen LogP contribution in [0.1, 0.15) is 31.3 Å². The first-order chi connectivity index (χ1) is 10.3. The van der Waals surface area contributed by atoms with Gasteiger partial charge in [-0.3, -0.25) is 4.79 Å². The third-order valence-corrected chi connectivity index (χ3v) is 4.62. The van der Waals surface area contributed by atoms with Crippen molar-refractivity contribution in [3.05, 3.63) is 42.2 Å². The van der Waals surface area contributed by atoms with Crippen molar-refractivity contribution in [2.45, 2.75) is 26.4 Å². The lowest BCUT2D eigenvalue weighted by Crippen LogP contribution is -2.40. The molecule has 1 aromatic carbocycles. The van der Waals surface area contributed by atoms with Crippen molar-refractivity contribution in [2.24, 2.45) is 5.41 Å². The highest BCUT2D eigenvalue weighted by Gasteiger charge is 2.49. The van der Waals surface area contributed by atoms with Crippen LogP contribution >= 0.6 is 0 Å². The van der Waals surface area contributed by atoms with Gasteiger partial charge >= 0.3 is 0 Å². The van der Waals surface area contributed by atoms with Gasteiger partial charge in [-0.05, 0) is 6.92 Å². The molecule has 1 aromatic heterocycles. The van der Waals surface area contributed by atoms with Crippen molar-refractivity contribution >= 4 is 5.91 Å². The zero-order chi connectivity index (χ0) is 16.0. The molecule has 1 fully saturated rings. The second kappa shape index (κ2) is 4.95. The molecule has 5 nitrogen and oxygen atoms in total. The van der Waals surface area contributed by atoms with E-state index in [1.54, 1.807) is 17.9 Å². The fourth-order valence-electron chi connectivity index (χ4n) is 2.71. The molecule has 2 aromatic rings. The minimum absolute atomic E-state index is 0.201. The lowest BCUT2D eigenvalue weighted by atomic mass is 9.79. The highest BCUT2D eigenvalue weighted by molar-refractivity contribution is 5.92. The minimum atomic E-state index is -0.912. The van der Waals surface area contributed by atoms with Gasteiger partial charge in [-0.15, -0.1) is 0 Å². The average molecular weight is 300 g/mol. The summed E-state index contributed by atoms with van der Waals surface area (Å²) in [6.45, 7) is 6.45. The Kier molecular flexibility index (Phi) is 3.33. The molecule has 116 valence electrons. The van der Waals surface area contributed by atoms with Gasteiger partial charge in [0.2, 0.25) is 5.76 Å². The number of carbonyl (C=O) groups excluding carboxylic acids is 1. The topological polar surface area (TPSA) is 66.6 Å². The third kappa shape index (κ3) is 2.41. The number of nitrogens with zero attached hydrogens (tertiary/aromatic N) is 2. The van der Waals surface area contributed by atoms with Crippen LogP contribution in [0.2, 0.25) is 0 Å². The van der Waals surface area contributed by atoms with Crippen LogP contribution in [0.5, 0.6) is 0 Å². The lowest BCUT2D eigenvalue weighted by molar-refractivity contribution is -0.0109. The van der Waals surface area contributed by atoms with Gasteiger partial charge in [0.05, 0.1) is 12.1 Å². The first kappa shape index (κ1) is 14.8. The molecular formula is C17H20N2O3. The second-order valence-electron chi connectivity index (χ2n) is 6.76. The first-order valence-electron chi connectivity index (χ1n) is 7.34. The molecule has 0 aliphatic carbocycles. The number of likely N-dealkylation sites (tertiary alicyclic amines) is 1. The van der Waals surface area contributed by atoms with E-state index in [1.165, 1.54) is 0 Å². The number of rotatable bonds is 2. The van der Waals surface area contributed by atoms with Crippen LogP contribution in [0.25, 0.3) is 11.3 Å². The van der Waals surface area contributed by atoms with E-state index in [0.29, 0.717) is 18.8 Å². The summed E-state index contributed by atoms with van der Waals surface area (Å²) in [4.78, 5) is 14.2. The Bertz CT molecular complexity index is 673. The SMILES string of the molecule is CC1(C)CN(C(=O)c2cc(-c3ccccc3)no2)C[C@]1(C)O. The fraction of sp³-hybridized carbons (Fsp3) is 0.412. The molecule has 5 heteroatoms. The van der Waals surface area contributed by atoms with E-state index in [1.807, 2.05) is 44.2 Å². The van der Waals surface area contributed by atoms with E-state index in [2.05, 4.69) is 5.16 Å². The summed E-state index contributed by atoms with van der Waals surface area (Å²) >= 11 is 0. The highest BCUT2D eigenvalue weighted by atomic mass is 16.5. The number of hydrogen-bond donors (Lipinski definition) is 1. The molecular weight excluding hydrogens is 280 g/mol. The molecule has 0 spiro atoms. The maximum atomic E-state index is 12.5. The van der Waals surface area contributed by atoms with Crippen LogP contribution in [-0.4, -0.2) is 39.8 Å². The van der Waals surface area contributed by atoms with Gasteiger partial charge in [0.25, 0.3) is 5.91 Å². The van der Waals surface area contributed by atoms with Crippen LogP contribution in [0, 0.1) is 5.41 Å². The maximum Gasteiger partial charge on any atom is 0.292 e. The van der Waals surface area contributed by atoms with Gasteiger partial charge in [-0.2, -0.15) is 0 Å². The van der Waals surface area contributed by atoms with Crippen LogP contribution in [0.15, 0.2) is 40.9 Å². The van der Waals surface area contributed by atoms with Gasteiger partial charge < -0.3 is 14.5 Å². The van der Waals surface area contributed by atoms with E-state index in [9.17, 15) is 9.90 Å². The van der Waals surface area contributed by atoms with Crippen LogP contribution < -0.4 is 0 Å². The maximum absolute atomic E-state index is 12.5. The highest BCUT2D eigenvalue weighted by Crippen LogP contribution is 2.39. The Hall–Kier alpha value is -2.14. The predicted octanol–water partition coefficient (Wildman–Crippen LogP) is 2.57. The fourth-order valence-corrected chi connectivity index (χ4v) is 2.71. The summed E-state index contributed by atoms with van der Waals surface area (Å²) in [5, 5.41) is 14.4. The van der Waals surface area contributed by atoms with E-state index in [-0.39, 0.29) is 17.1 Å². The largest absolute Gasteiger partial charge is 0.388 e. The number of carbonyl (C=O) groups is 1. The normalized spacial score (nSPS) is 23.7. The Labute approximate surface area is 129 Å². The van der Waals surface area contributed by atoms with Crippen molar-refractivity contribution in [1.29, 1.82) is 0 Å². The summed E-state index contributed by atoms with van der Waals surface area (Å²) in [7, 11) is 0. The Morgan fingerprint density at radius 1 is 1.23 bits per heavy atom. The Morgan fingerprint density at radius 3 is 2.50 bits per heavy atom. The van der Waals surface area contributed by atoms with E-state index >= 15 is 0 Å². The number of hydrogen-bond acceptors (Lipinski definition) is 4. The van der Waals surface area contributed by atoms with Crippen molar-refractivity contribution in [3.63, 3.8) is 0 Å². The Balaban J connectivity index is 1.82. The molecule has 0 radical (unpaired) electrons. The molecule has 1 aliphatic rings. The quantitative estimate of drug-likeness (QED) is 0.925. The van der Waals surface area contributed by atoms with Gasteiger partial charge in [-0.25, -0.2) is 0 Å². The average Bonchev–Trinajstić information content (AvgIpc) is 3.03. The molecule has 22 heavy (non-hydrogen) atoms. The molecule has 1 amide bonds. The van der Waals surface area contributed by atoms with Crippen molar-refractivity contribution < 1.29 is 14.4 Å². The smallest absolute Gasteiger partial charge is 0.292 e. The van der Waals surface area contributed by atoms with Crippen molar-refractivity contribution in [2.75, 3.05) is 13.1 Å². The van der Waals surface area contributed by atoms with Crippen LogP contribution in [0.4, 0.5) is 0 Å².